The third-order valence-corrected chi connectivity index (χ3v) is 2.88. The largest absolute Gasteiger partial charge is 0.298 e. The maximum atomic E-state index is 10.6. The van der Waals surface area contributed by atoms with Gasteiger partial charge in [0, 0.05) is 10.5 Å². The quantitative estimate of drug-likeness (QED) is 0.519. The lowest BCUT2D eigenvalue weighted by Crippen LogP contribution is -1.93. The van der Waals surface area contributed by atoms with Crippen LogP contribution in [0, 0.1) is 20.8 Å². The van der Waals surface area contributed by atoms with Gasteiger partial charge in [-0.1, -0.05) is 0 Å². The lowest BCUT2D eigenvalue weighted by atomic mass is 10.0. The van der Waals surface area contributed by atoms with Gasteiger partial charge in [-0.15, -0.1) is 12.6 Å². The number of rotatable bonds is 1. The minimum atomic E-state index is 0.680. The van der Waals surface area contributed by atoms with Gasteiger partial charge in [-0.2, -0.15) is 0 Å². The summed E-state index contributed by atoms with van der Waals surface area (Å²) in [4.78, 5) is 11.4. The van der Waals surface area contributed by atoms with Crippen molar-refractivity contribution in [2.75, 3.05) is 0 Å². The molecule has 1 nitrogen and oxygen atoms in total. The molecule has 64 valence electrons. The van der Waals surface area contributed by atoms with E-state index in [9.17, 15) is 4.79 Å². The molecule has 0 spiro atoms. The van der Waals surface area contributed by atoms with E-state index in [1.54, 1.807) is 0 Å². The van der Waals surface area contributed by atoms with Crippen LogP contribution in [-0.2, 0) is 0 Å². The van der Waals surface area contributed by atoms with Crippen molar-refractivity contribution in [1.29, 1.82) is 0 Å². The molecule has 0 aliphatic rings. The van der Waals surface area contributed by atoms with Crippen LogP contribution >= 0.6 is 12.6 Å². The highest BCUT2D eigenvalue weighted by molar-refractivity contribution is 7.80. The van der Waals surface area contributed by atoms with E-state index in [1.165, 1.54) is 5.56 Å². The van der Waals surface area contributed by atoms with Crippen LogP contribution in [0.3, 0.4) is 0 Å². The van der Waals surface area contributed by atoms with Crippen molar-refractivity contribution in [1.82, 2.24) is 0 Å². The zero-order chi connectivity index (χ0) is 9.30. The number of thiol groups is 1. The van der Waals surface area contributed by atoms with Crippen LogP contribution in [0.15, 0.2) is 11.0 Å². The van der Waals surface area contributed by atoms with Gasteiger partial charge in [0.1, 0.15) is 0 Å². The van der Waals surface area contributed by atoms with Crippen LogP contribution < -0.4 is 0 Å². The molecule has 0 saturated heterocycles. The highest BCUT2D eigenvalue weighted by Crippen LogP contribution is 2.23. The van der Waals surface area contributed by atoms with Crippen LogP contribution in [-0.4, -0.2) is 6.29 Å². The zero-order valence-electron chi connectivity index (χ0n) is 7.51. The van der Waals surface area contributed by atoms with Crippen LogP contribution in [0.5, 0.6) is 0 Å². The SMILES string of the molecule is Cc1cc(C=O)c(S)c(C)c1C. The first-order valence-corrected chi connectivity index (χ1v) is 4.27. The molecule has 0 amide bonds. The predicted molar refractivity (Wildman–Crippen MR) is 53.3 cm³/mol. The summed E-state index contributed by atoms with van der Waals surface area (Å²) in [6.45, 7) is 6.03. The molecule has 0 fully saturated rings. The Balaban J connectivity index is 3.49. The van der Waals surface area contributed by atoms with Crippen molar-refractivity contribution in [3.05, 3.63) is 28.3 Å². The Labute approximate surface area is 78.2 Å². The number of aldehydes is 1. The summed E-state index contributed by atoms with van der Waals surface area (Å²) in [6, 6.07) is 1.87. The lowest BCUT2D eigenvalue weighted by Gasteiger charge is -2.09. The maximum absolute atomic E-state index is 10.6. The van der Waals surface area contributed by atoms with Crippen LogP contribution in [0.2, 0.25) is 0 Å². The molecule has 1 aromatic carbocycles. The molecule has 12 heavy (non-hydrogen) atoms. The Morgan fingerprint density at radius 2 is 1.83 bits per heavy atom. The van der Waals surface area contributed by atoms with Crippen molar-refractivity contribution in [3.63, 3.8) is 0 Å². The van der Waals surface area contributed by atoms with E-state index in [4.69, 9.17) is 0 Å². The first kappa shape index (κ1) is 9.33. The molecule has 2 heteroatoms. The number of benzene rings is 1. The van der Waals surface area contributed by atoms with Gasteiger partial charge in [-0.25, -0.2) is 0 Å². The molecule has 0 bridgehead atoms. The van der Waals surface area contributed by atoms with Gasteiger partial charge in [0.2, 0.25) is 0 Å². The minimum Gasteiger partial charge on any atom is -0.298 e. The Morgan fingerprint density at radius 3 is 2.33 bits per heavy atom. The highest BCUT2D eigenvalue weighted by atomic mass is 32.1. The molecule has 0 N–H and O–H groups in total. The molecule has 0 radical (unpaired) electrons. The summed E-state index contributed by atoms with van der Waals surface area (Å²) < 4.78 is 0. The monoisotopic (exact) mass is 180 g/mol. The standard InChI is InChI=1S/C10H12OS/c1-6-4-9(5-11)10(12)8(3)7(6)2/h4-5,12H,1-3H3. The van der Waals surface area contributed by atoms with E-state index in [0.717, 1.165) is 22.3 Å². The third kappa shape index (κ3) is 1.39. The summed E-state index contributed by atoms with van der Waals surface area (Å²) in [7, 11) is 0. The number of carbonyl (C=O) groups is 1. The highest BCUT2D eigenvalue weighted by Gasteiger charge is 2.06. The molecule has 0 atom stereocenters. The van der Waals surface area contributed by atoms with E-state index in [1.807, 2.05) is 26.8 Å². The van der Waals surface area contributed by atoms with E-state index in [0.29, 0.717) is 5.56 Å². The molecule has 1 rings (SSSR count). The van der Waals surface area contributed by atoms with E-state index in [-0.39, 0.29) is 0 Å². The fraction of sp³-hybridized carbons (Fsp3) is 0.300. The summed E-state index contributed by atoms with van der Waals surface area (Å²) in [5.41, 5.74) is 4.14. The number of aryl methyl sites for hydroxylation is 1. The molecule has 0 aliphatic carbocycles. The van der Waals surface area contributed by atoms with E-state index in [2.05, 4.69) is 12.6 Å². The second-order valence-electron chi connectivity index (χ2n) is 3.00. The first-order valence-electron chi connectivity index (χ1n) is 3.83. The topological polar surface area (TPSA) is 17.1 Å². The van der Waals surface area contributed by atoms with Crippen LogP contribution in [0.1, 0.15) is 27.0 Å². The normalized spacial score (nSPS) is 10.0. The number of hydrogen-bond acceptors (Lipinski definition) is 2. The smallest absolute Gasteiger partial charge is 0.151 e. The molecule has 0 aromatic heterocycles. The van der Waals surface area contributed by atoms with Crippen molar-refractivity contribution in [2.45, 2.75) is 25.7 Å². The van der Waals surface area contributed by atoms with Gasteiger partial charge >= 0.3 is 0 Å². The predicted octanol–water partition coefficient (Wildman–Crippen LogP) is 2.71. The molecule has 0 heterocycles. The second-order valence-corrected chi connectivity index (χ2v) is 3.45. The Kier molecular flexibility index (Phi) is 2.58. The summed E-state index contributed by atoms with van der Waals surface area (Å²) >= 11 is 4.28. The summed E-state index contributed by atoms with van der Waals surface area (Å²) in [5, 5.41) is 0. The Bertz CT molecular complexity index is 329. The molecular formula is C10H12OS. The number of carbonyl (C=O) groups excluding carboxylic acids is 1. The molecule has 0 saturated carbocycles. The molecule has 0 unspecified atom stereocenters. The van der Waals surface area contributed by atoms with Crippen molar-refractivity contribution >= 4 is 18.9 Å². The molecular weight excluding hydrogens is 168 g/mol. The van der Waals surface area contributed by atoms with Crippen molar-refractivity contribution in [3.8, 4) is 0 Å². The van der Waals surface area contributed by atoms with Crippen molar-refractivity contribution < 1.29 is 4.79 Å². The van der Waals surface area contributed by atoms with Gasteiger partial charge in [0.15, 0.2) is 6.29 Å². The van der Waals surface area contributed by atoms with Crippen molar-refractivity contribution in [2.24, 2.45) is 0 Å². The third-order valence-electron chi connectivity index (χ3n) is 2.28. The van der Waals surface area contributed by atoms with Gasteiger partial charge in [-0.3, -0.25) is 4.79 Å². The zero-order valence-corrected chi connectivity index (χ0v) is 8.40. The summed E-state index contributed by atoms with van der Waals surface area (Å²) in [5.74, 6) is 0. The molecule has 0 aliphatic heterocycles. The number of hydrogen-bond donors (Lipinski definition) is 1. The van der Waals surface area contributed by atoms with Crippen LogP contribution in [0.4, 0.5) is 0 Å². The average Bonchev–Trinajstić information content (AvgIpc) is 2.08. The fourth-order valence-electron chi connectivity index (χ4n) is 1.19. The Morgan fingerprint density at radius 1 is 1.25 bits per heavy atom. The first-order chi connectivity index (χ1) is 5.57. The lowest BCUT2D eigenvalue weighted by molar-refractivity contribution is 0.112. The van der Waals surface area contributed by atoms with Gasteiger partial charge in [0.25, 0.3) is 0 Å². The van der Waals surface area contributed by atoms with E-state index < -0.39 is 0 Å². The van der Waals surface area contributed by atoms with Crippen LogP contribution in [0.25, 0.3) is 0 Å². The Hall–Kier alpha value is -0.760. The maximum Gasteiger partial charge on any atom is 0.151 e. The van der Waals surface area contributed by atoms with Gasteiger partial charge in [-0.05, 0) is 43.5 Å². The van der Waals surface area contributed by atoms with Gasteiger partial charge in [0.05, 0.1) is 0 Å². The average molecular weight is 180 g/mol. The summed E-state index contributed by atoms with van der Waals surface area (Å²) in [6.07, 6.45) is 0.849. The van der Waals surface area contributed by atoms with Gasteiger partial charge < -0.3 is 0 Å². The second kappa shape index (κ2) is 3.31. The fourth-order valence-corrected chi connectivity index (χ4v) is 1.47. The van der Waals surface area contributed by atoms with E-state index >= 15 is 0 Å². The minimum absolute atomic E-state index is 0.680. The molecule has 1 aromatic rings.